The van der Waals surface area contributed by atoms with Gasteiger partial charge in [0, 0.05) is 37.5 Å². The van der Waals surface area contributed by atoms with Gasteiger partial charge < -0.3 is 14.2 Å². The zero-order valence-corrected chi connectivity index (χ0v) is 18.1. The summed E-state index contributed by atoms with van der Waals surface area (Å²) in [4.78, 5) is 11.2. The van der Waals surface area contributed by atoms with Gasteiger partial charge in [0.2, 0.25) is 11.8 Å². The second kappa shape index (κ2) is 7.83. The molecule has 2 saturated carbocycles. The second-order valence-electron chi connectivity index (χ2n) is 8.93. The van der Waals surface area contributed by atoms with Crippen LogP contribution < -0.4 is 9.64 Å². The van der Waals surface area contributed by atoms with E-state index in [0.717, 1.165) is 49.1 Å². The van der Waals surface area contributed by atoms with E-state index < -0.39 is 9.84 Å². The average Bonchev–Trinajstić information content (AvgIpc) is 3.67. The first-order valence-electron chi connectivity index (χ1n) is 10.8. The van der Waals surface area contributed by atoms with Crippen LogP contribution in [-0.4, -0.2) is 49.5 Å². The number of hydrogen-bond donors (Lipinski definition) is 0. The van der Waals surface area contributed by atoms with Gasteiger partial charge in [-0.15, -0.1) is 0 Å². The number of aromatic nitrogens is 3. The van der Waals surface area contributed by atoms with Crippen LogP contribution in [0.3, 0.4) is 0 Å². The van der Waals surface area contributed by atoms with Gasteiger partial charge in [-0.25, -0.2) is 13.4 Å². The summed E-state index contributed by atoms with van der Waals surface area (Å²) in [5.74, 6) is 4.87. The third kappa shape index (κ3) is 4.45. The van der Waals surface area contributed by atoms with Crippen molar-refractivity contribution in [2.75, 3.05) is 30.9 Å². The topological polar surface area (TPSA) is 98.4 Å². The molecule has 5 rings (SSSR count). The number of piperidine rings is 1. The van der Waals surface area contributed by atoms with Crippen LogP contribution >= 0.6 is 0 Å². The number of anilines is 1. The lowest BCUT2D eigenvalue weighted by Gasteiger charge is -2.31. The molecule has 3 fully saturated rings. The van der Waals surface area contributed by atoms with Crippen molar-refractivity contribution in [3.8, 4) is 5.88 Å². The van der Waals surface area contributed by atoms with E-state index in [1.165, 1.54) is 44.6 Å². The molecule has 162 valence electrons. The molecule has 2 aromatic rings. The minimum absolute atomic E-state index is 0.216. The fraction of sp³-hybridized carbons (Fsp3) is 0.667. The molecule has 9 heteroatoms. The zero-order valence-electron chi connectivity index (χ0n) is 17.2. The standard InChI is InChI=1S/C21H28N4O4S/c1-30(26,27)17-4-5-19(22-13-17)28-11-8-16-12-18(16)14-6-9-25(10-7-14)21-23-20(29-24-21)15-2-3-15/h4-5,13-16,18H,2-3,6-12H2,1H3. The van der Waals surface area contributed by atoms with E-state index in [-0.39, 0.29) is 4.90 Å². The average molecular weight is 433 g/mol. The monoisotopic (exact) mass is 432 g/mol. The molecule has 0 aromatic carbocycles. The van der Waals surface area contributed by atoms with Gasteiger partial charge in [-0.2, -0.15) is 4.98 Å². The highest BCUT2D eigenvalue weighted by atomic mass is 32.2. The predicted octanol–water partition coefficient (Wildman–Crippen LogP) is 3.07. The lowest BCUT2D eigenvalue weighted by molar-refractivity contribution is 0.275. The number of rotatable bonds is 8. The molecule has 2 aliphatic carbocycles. The van der Waals surface area contributed by atoms with Crippen molar-refractivity contribution in [2.24, 2.45) is 17.8 Å². The highest BCUT2D eigenvalue weighted by Gasteiger charge is 2.43. The molecule has 0 spiro atoms. The van der Waals surface area contributed by atoms with Crippen molar-refractivity contribution < 1.29 is 17.7 Å². The maximum Gasteiger partial charge on any atom is 0.266 e. The molecule has 0 N–H and O–H groups in total. The van der Waals surface area contributed by atoms with E-state index in [1.807, 2.05) is 0 Å². The maximum absolute atomic E-state index is 11.5. The van der Waals surface area contributed by atoms with Gasteiger partial charge in [0.15, 0.2) is 9.84 Å². The predicted molar refractivity (Wildman–Crippen MR) is 110 cm³/mol. The Labute approximate surface area is 176 Å². The summed E-state index contributed by atoms with van der Waals surface area (Å²) in [5, 5.41) is 4.17. The Morgan fingerprint density at radius 2 is 2.00 bits per heavy atom. The fourth-order valence-electron chi connectivity index (χ4n) is 4.55. The van der Waals surface area contributed by atoms with Crippen LogP contribution in [-0.2, 0) is 9.84 Å². The number of hydrogen-bond acceptors (Lipinski definition) is 8. The first kappa shape index (κ1) is 19.8. The van der Waals surface area contributed by atoms with Crippen molar-refractivity contribution in [1.82, 2.24) is 15.1 Å². The molecule has 1 aliphatic heterocycles. The Bertz CT molecular complexity index is 979. The van der Waals surface area contributed by atoms with E-state index in [2.05, 4.69) is 20.0 Å². The largest absolute Gasteiger partial charge is 0.478 e. The molecule has 0 bridgehead atoms. The number of ether oxygens (including phenoxy) is 1. The smallest absolute Gasteiger partial charge is 0.266 e. The lowest BCUT2D eigenvalue weighted by atomic mass is 9.90. The first-order chi connectivity index (χ1) is 14.5. The molecular weight excluding hydrogens is 404 g/mol. The lowest BCUT2D eigenvalue weighted by Crippen LogP contribution is -2.35. The number of pyridine rings is 1. The quantitative estimate of drug-likeness (QED) is 0.628. The van der Waals surface area contributed by atoms with Gasteiger partial charge in [-0.1, -0.05) is 0 Å². The summed E-state index contributed by atoms with van der Waals surface area (Å²) in [7, 11) is -3.22. The van der Waals surface area contributed by atoms with Crippen molar-refractivity contribution in [1.29, 1.82) is 0 Å². The third-order valence-corrected chi connectivity index (χ3v) is 7.74. The molecule has 0 radical (unpaired) electrons. The van der Waals surface area contributed by atoms with Crippen LogP contribution in [0.1, 0.15) is 50.3 Å². The molecule has 1 saturated heterocycles. The van der Waals surface area contributed by atoms with Gasteiger partial charge >= 0.3 is 0 Å². The number of nitrogens with zero attached hydrogens (tertiary/aromatic N) is 4. The maximum atomic E-state index is 11.5. The Morgan fingerprint density at radius 1 is 1.20 bits per heavy atom. The van der Waals surface area contributed by atoms with Crippen LogP contribution in [0.15, 0.2) is 27.7 Å². The normalized spacial score (nSPS) is 24.8. The molecule has 2 atom stereocenters. The van der Waals surface area contributed by atoms with Gasteiger partial charge in [0.05, 0.1) is 11.5 Å². The Morgan fingerprint density at radius 3 is 2.67 bits per heavy atom. The molecule has 3 aliphatic rings. The minimum atomic E-state index is -3.22. The van der Waals surface area contributed by atoms with Crippen molar-refractivity contribution in [3.63, 3.8) is 0 Å². The zero-order chi connectivity index (χ0) is 20.7. The summed E-state index contributed by atoms with van der Waals surface area (Å²) in [6, 6.07) is 3.17. The Hall–Kier alpha value is -2.16. The SMILES string of the molecule is CS(=O)(=O)c1ccc(OCCC2CC2C2CCN(c3noc(C4CC4)n3)CC2)nc1. The summed E-state index contributed by atoms with van der Waals surface area (Å²) >= 11 is 0. The van der Waals surface area contributed by atoms with E-state index in [0.29, 0.717) is 18.4 Å². The molecule has 2 aromatic heterocycles. The van der Waals surface area contributed by atoms with Crippen LogP contribution in [0, 0.1) is 17.8 Å². The van der Waals surface area contributed by atoms with Crippen molar-refractivity contribution in [2.45, 2.75) is 49.3 Å². The van der Waals surface area contributed by atoms with Crippen LogP contribution in [0.5, 0.6) is 5.88 Å². The van der Waals surface area contributed by atoms with E-state index >= 15 is 0 Å². The van der Waals surface area contributed by atoms with Gasteiger partial charge in [0.1, 0.15) is 0 Å². The van der Waals surface area contributed by atoms with E-state index in [1.54, 1.807) is 12.1 Å². The van der Waals surface area contributed by atoms with Gasteiger partial charge in [-0.05, 0) is 67.5 Å². The second-order valence-corrected chi connectivity index (χ2v) is 10.9. The van der Waals surface area contributed by atoms with Crippen LogP contribution in [0.4, 0.5) is 5.95 Å². The summed E-state index contributed by atoms with van der Waals surface area (Å²) in [6.07, 6.45) is 9.56. The highest BCUT2D eigenvalue weighted by molar-refractivity contribution is 7.90. The minimum Gasteiger partial charge on any atom is -0.478 e. The summed E-state index contributed by atoms with van der Waals surface area (Å²) < 4.78 is 34.1. The Balaban J connectivity index is 1.03. The Kier molecular flexibility index (Phi) is 5.16. The first-order valence-corrected chi connectivity index (χ1v) is 12.7. The van der Waals surface area contributed by atoms with E-state index in [4.69, 9.17) is 9.26 Å². The van der Waals surface area contributed by atoms with Crippen molar-refractivity contribution in [3.05, 3.63) is 24.2 Å². The summed E-state index contributed by atoms with van der Waals surface area (Å²) in [5.41, 5.74) is 0. The summed E-state index contributed by atoms with van der Waals surface area (Å²) in [6.45, 7) is 2.63. The molecule has 8 nitrogen and oxygen atoms in total. The molecule has 2 unspecified atom stereocenters. The van der Waals surface area contributed by atoms with Crippen LogP contribution in [0.25, 0.3) is 0 Å². The molecule has 3 heterocycles. The van der Waals surface area contributed by atoms with Gasteiger partial charge in [0.25, 0.3) is 5.95 Å². The highest BCUT2D eigenvalue weighted by Crippen LogP contribution is 2.50. The van der Waals surface area contributed by atoms with Crippen LogP contribution in [0.2, 0.25) is 0 Å². The van der Waals surface area contributed by atoms with E-state index in [9.17, 15) is 8.42 Å². The fourth-order valence-corrected chi connectivity index (χ4v) is 5.11. The molecule has 0 amide bonds. The van der Waals surface area contributed by atoms with Gasteiger partial charge in [-0.3, -0.25) is 0 Å². The number of sulfone groups is 1. The molecular formula is C21H28N4O4S. The molecule has 30 heavy (non-hydrogen) atoms. The third-order valence-electron chi connectivity index (χ3n) is 6.64. The van der Waals surface area contributed by atoms with Crippen molar-refractivity contribution >= 4 is 15.8 Å².